The van der Waals surface area contributed by atoms with E-state index < -0.39 is 0 Å². The minimum absolute atomic E-state index is 0.143. The van der Waals surface area contributed by atoms with Gasteiger partial charge in [-0.25, -0.2) is 4.98 Å². The van der Waals surface area contributed by atoms with Crippen molar-refractivity contribution >= 4 is 17.2 Å². The lowest BCUT2D eigenvalue weighted by molar-refractivity contribution is -0.139. The summed E-state index contributed by atoms with van der Waals surface area (Å²) >= 11 is 0. The Morgan fingerprint density at radius 3 is 2.85 bits per heavy atom. The van der Waals surface area contributed by atoms with E-state index in [9.17, 15) is 4.79 Å². The number of carbonyl (C=O) groups excluding carboxylic acids is 1. The predicted octanol–water partition coefficient (Wildman–Crippen LogP) is 1.40. The summed E-state index contributed by atoms with van der Waals surface area (Å²) in [6.07, 6.45) is 4.20. The molecule has 140 valence electrons. The molecule has 2 fully saturated rings. The molecule has 7 heteroatoms. The zero-order valence-electron chi connectivity index (χ0n) is 15.6. The molecular formula is C19H27N5O2. The van der Waals surface area contributed by atoms with Gasteiger partial charge in [-0.05, 0) is 39.1 Å². The number of carbonyl (C=O) groups is 1. The zero-order valence-corrected chi connectivity index (χ0v) is 15.6. The van der Waals surface area contributed by atoms with Crippen LogP contribution in [0.3, 0.4) is 0 Å². The fourth-order valence-corrected chi connectivity index (χ4v) is 3.89. The van der Waals surface area contributed by atoms with E-state index in [1.807, 2.05) is 30.2 Å². The van der Waals surface area contributed by atoms with Crippen LogP contribution in [0, 0.1) is 0 Å². The van der Waals surface area contributed by atoms with Crippen LogP contribution in [-0.4, -0.2) is 78.5 Å². The summed E-state index contributed by atoms with van der Waals surface area (Å²) in [5.74, 6) is 1.33. The fourth-order valence-electron chi connectivity index (χ4n) is 3.89. The van der Waals surface area contributed by atoms with Gasteiger partial charge in [0, 0.05) is 19.6 Å². The molecule has 2 saturated heterocycles. The van der Waals surface area contributed by atoms with E-state index in [4.69, 9.17) is 4.74 Å². The number of pyridine rings is 1. The SMILES string of the molecule is CN(C)CC(=O)N1CCOC(c2ncn3c(N4CCCC4)cccc23)C1. The highest BCUT2D eigenvalue weighted by Gasteiger charge is 2.28. The molecule has 2 aromatic heterocycles. The molecule has 0 aromatic carbocycles. The summed E-state index contributed by atoms with van der Waals surface area (Å²) in [6.45, 7) is 4.38. The summed E-state index contributed by atoms with van der Waals surface area (Å²) in [4.78, 5) is 23.3. The zero-order chi connectivity index (χ0) is 18.1. The number of fused-ring (bicyclic) bond motifs is 1. The smallest absolute Gasteiger partial charge is 0.236 e. The number of anilines is 1. The van der Waals surface area contributed by atoms with Crippen LogP contribution in [0.4, 0.5) is 5.82 Å². The summed E-state index contributed by atoms with van der Waals surface area (Å²) in [6, 6.07) is 6.33. The summed E-state index contributed by atoms with van der Waals surface area (Å²) in [5, 5.41) is 0. The quantitative estimate of drug-likeness (QED) is 0.828. The van der Waals surface area contributed by atoms with Crippen molar-refractivity contribution in [1.29, 1.82) is 0 Å². The monoisotopic (exact) mass is 357 g/mol. The Bertz CT molecular complexity index is 781. The molecule has 7 nitrogen and oxygen atoms in total. The van der Waals surface area contributed by atoms with E-state index in [-0.39, 0.29) is 12.0 Å². The van der Waals surface area contributed by atoms with Gasteiger partial charge in [0.15, 0.2) is 0 Å². The van der Waals surface area contributed by atoms with Crippen molar-refractivity contribution in [3.8, 4) is 0 Å². The van der Waals surface area contributed by atoms with Crippen LogP contribution >= 0.6 is 0 Å². The van der Waals surface area contributed by atoms with Gasteiger partial charge in [0.2, 0.25) is 5.91 Å². The number of amides is 1. The number of hydrogen-bond donors (Lipinski definition) is 0. The summed E-state index contributed by atoms with van der Waals surface area (Å²) in [7, 11) is 3.83. The summed E-state index contributed by atoms with van der Waals surface area (Å²) < 4.78 is 8.14. The van der Waals surface area contributed by atoms with Crippen molar-refractivity contribution in [3.05, 3.63) is 30.2 Å². The number of nitrogens with zero attached hydrogens (tertiary/aromatic N) is 5. The fraction of sp³-hybridized carbons (Fsp3) is 0.579. The molecule has 2 aliphatic rings. The van der Waals surface area contributed by atoms with Crippen molar-refractivity contribution in [3.63, 3.8) is 0 Å². The van der Waals surface area contributed by atoms with Crippen molar-refractivity contribution < 1.29 is 9.53 Å². The molecule has 1 unspecified atom stereocenters. The average Bonchev–Trinajstić information content (AvgIpc) is 3.31. The Kier molecular flexibility index (Phi) is 4.82. The van der Waals surface area contributed by atoms with E-state index >= 15 is 0 Å². The maximum Gasteiger partial charge on any atom is 0.236 e. The normalized spacial score (nSPS) is 21.1. The first kappa shape index (κ1) is 17.3. The molecule has 0 radical (unpaired) electrons. The highest BCUT2D eigenvalue weighted by atomic mass is 16.5. The van der Waals surface area contributed by atoms with Crippen molar-refractivity contribution in [2.45, 2.75) is 18.9 Å². The van der Waals surface area contributed by atoms with Gasteiger partial charge in [-0.15, -0.1) is 0 Å². The average molecular weight is 357 g/mol. The van der Waals surface area contributed by atoms with Gasteiger partial charge in [-0.2, -0.15) is 0 Å². The first-order valence-electron chi connectivity index (χ1n) is 9.38. The summed E-state index contributed by atoms with van der Waals surface area (Å²) in [5.41, 5.74) is 2.00. The molecule has 0 saturated carbocycles. The molecule has 2 aliphatic heterocycles. The number of rotatable bonds is 4. The van der Waals surface area contributed by atoms with Crippen molar-refractivity contribution in [2.24, 2.45) is 0 Å². The number of imidazole rings is 1. The molecule has 0 bridgehead atoms. The van der Waals surface area contributed by atoms with E-state index in [2.05, 4.69) is 32.5 Å². The lowest BCUT2D eigenvalue weighted by Gasteiger charge is -2.33. The van der Waals surface area contributed by atoms with E-state index in [0.717, 1.165) is 24.3 Å². The second-order valence-electron chi connectivity index (χ2n) is 7.40. The van der Waals surface area contributed by atoms with Crippen LogP contribution in [0.2, 0.25) is 0 Å². The van der Waals surface area contributed by atoms with E-state index in [1.165, 1.54) is 18.7 Å². The topological polar surface area (TPSA) is 53.3 Å². The van der Waals surface area contributed by atoms with Crippen LogP contribution < -0.4 is 4.90 Å². The third-order valence-corrected chi connectivity index (χ3v) is 5.19. The Morgan fingerprint density at radius 1 is 1.27 bits per heavy atom. The number of aromatic nitrogens is 2. The second kappa shape index (κ2) is 7.25. The number of ether oxygens (including phenoxy) is 1. The molecule has 4 heterocycles. The molecular weight excluding hydrogens is 330 g/mol. The highest BCUT2D eigenvalue weighted by molar-refractivity contribution is 5.78. The molecule has 0 spiro atoms. The lowest BCUT2D eigenvalue weighted by Crippen LogP contribution is -2.45. The molecule has 0 aliphatic carbocycles. The van der Waals surface area contributed by atoms with Gasteiger partial charge in [0.25, 0.3) is 0 Å². The second-order valence-corrected chi connectivity index (χ2v) is 7.40. The first-order chi connectivity index (χ1) is 12.6. The maximum atomic E-state index is 12.4. The van der Waals surface area contributed by atoms with Gasteiger partial charge in [-0.1, -0.05) is 6.07 Å². The van der Waals surface area contributed by atoms with Gasteiger partial charge in [-0.3, -0.25) is 9.20 Å². The van der Waals surface area contributed by atoms with Gasteiger partial charge < -0.3 is 19.4 Å². The minimum Gasteiger partial charge on any atom is -0.368 e. The molecule has 4 rings (SSSR count). The molecule has 1 atom stereocenters. The van der Waals surface area contributed by atoms with Gasteiger partial charge in [0.05, 0.1) is 30.9 Å². The molecule has 1 amide bonds. The Balaban J connectivity index is 1.58. The Hall–Kier alpha value is -2.12. The molecule has 0 N–H and O–H groups in total. The Morgan fingerprint density at radius 2 is 2.08 bits per heavy atom. The van der Waals surface area contributed by atoms with Crippen molar-refractivity contribution in [1.82, 2.24) is 19.2 Å². The van der Waals surface area contributed by atoms with E-state index in [0.29, 0.717) is 26.2 Å². The molecule has 2 aromatic rings. The van der Waals surface area contributed by atoms with Crippen LogP contribution in [0.25, 0.3) is 5.52 Å². The third kappa shape index (κ3) is 3.29. The highest BCUT2D eigenvalue weighted by Crippen LogP contribution is 2.29. The van der Waals surface area contributed by atoms with Gasteiger partial charge in [0.1, 0.15) is 18.2 Å². The lowest BCUT2D eigenvalue weighted by atomic mass is 10.1. The predicted molar refractivity (Wildman–Crippen MR) is 100 cm³/mol. The van der Waals surface area contributed by atoms with Crippen LogP contribution in [0.5, 0.6) is 0 Å². The molecule has 26 heavy (non-hydrogen) atoms. The number of morpholine rings is 1. The van der Waals surface area contributed by atoms with Crippen LogP contribution in [0.1, 0.15) is 24.6 Å². The Labute approximate surface area is 154 Å². The van der Waals surface area contributed by atoms with Crippen molar-refractivity contribution in [2.75, 3.05) is 58.3 Å². The van der Waals surface area contributed by atoms with Crippen LogP contribution in [-0.2, 0) is 9.53 Å². The largest absolute Gasteiger partial charge is 0.368 e. The minimum atomic E-state index is -0.173. The van der Waals surface area contributed by atoms with Crippen LogP contribution in [0.15, 0.2) is 24.5 Å². The number of likely N-dealkylation sites (N-methyl/N-ethyl adjacent to an activating group) is 1. The maximum absolute atomic E-state index is 12.4. The third-order valence-electron chi connectivity index (χ3n) is 5.19. The number of hydrogen-bond acceptors (Lipinski definition) is 5. The van der Waals surface area contributed by atoms with E-state index in [1.54, 1.807) is 0 Å². The standard InChI is InChI=1S/C19H27N5O2/c1-21(2)13-18(25)23-10-11-26-16(12-23)19-15-6-5-7-17(24(15)14-20-19)22-8-3-4-9-22/h5-7,14,16H,3-4,8-13H2,1-2H3. The van der Waals surface area contributed by atoms with Gasteiger partial charge >= 0.3 is 0 Å². The first-order valence-corrected chi connectivity index (χ1v) is 9.38.